The van der Waals surface area contributed by atoms with E-state index >= 15 is 0 Å². The number of halogens is 1. The lowest BCUT2D eigenvalue weighted by Crippen LogP contribution is -2.00. The largest absolute Gasteiger partial charge is 0.385 e. The summed E-state index contributed by atoms with van der Waals surface area (Å²) < 4.78 is 29.3. The van der Waals surface area contributed by atoms with Crippen molar-refractivity contribution in [2.45, 2.75) is 12.8 Å². The topological polar surface area (TPSA) is 52.6 Å². The predicted molar refractivity (Wildman–Crippen MR) is 41.8 cm³/mol. The first-order valence-corrected chi connectivity index (χ1v) is 5.37. The average molecular weight is 203 g/mol. The summed E-state index contributed by atoms with van der Waals surface area (Å²) in [4.78, 5) is 0. The van der Waals surface area contributed by atoms with E-state index in [1.165, 1.54) is 0 Å². The van der Waals surface area contributed by atoms with Crippen molar-refractivity contribution in [1.82, 2.24) is 0 Å². The fourth-order valence-corrected chi connectivity index (χ4v) is 1.01. The van der Waals surface area contributed by atoms with E-state index in [9.17, 15) is 8.42 Å². The molecule has 11 heavy (non-hydrogen) atoms. The van der Waals surface area contributed by atoms with Crippen molar-refractivity contribution in [2.75, 3.05) is 20.3 Å². The van der Waals surface area contributed by atoms with Crippen LogP contribution in [-0.2, 0) is 18.3 Å². The quantitative estimate of drug-likeness (QED) is 0.475. The molecule has 0 bridgehead atoms. The Kier molecular flexibility index (Phi) is 5.85. The Morgan fingerprint density at radius 1 is 1.27 bits per heavy atom. The Morgan fingerprint density at radius 3 is 2.27 bits per heavy atom. The zero-order valence-electron chi connectivity index (χ0n) is 6.25. The van der Waals surface area contributed by atoms with Gasteiger partial charge in [-0.2, -0.15) is 8.42 Å². The van der Waals surface area contributed by atoms with E-state index in [-0.39, 0.29) is 6.61 Å². The second-order valence-corrected chi connectivity index (χ2v) is 4.07. The van der Waals surface area contributed by atoms with Gasteiger partial charge in [-0.15, -0.1) is 0 Å². The summed E-state index contributed by atoms with van der Waals surface area (Å²) in [7, 11) is 2.57. The van der Waals surface area contributed by atoms with Crippen molar-refractivity contribution in [2.24, 2.45) is 0 Å². The molecule has 0 saturated heterocycles. The van der Waals surface area contributed by atoms with Gasteiger partial charge >= 0.3 is 9.33 Å². The monoisotopic (exact) mass is 202 g/mol. The van der Waals surface area contributed by atoms with Crippen LogP contribution in [0.25, 0.3) is 0 Å². The van der Waals surface area contributed by atoms with E-state index in [1.807, 2.05) is 0 Å². The molecule has 0 aliphatic rings. The normalized spacial score (nSPS) is 11.8. The van der Waals surface area contributed by atoms with Crippen LogP contribution in [0.5, 0.6) is 0 Å². The second-order valence-electron chi connectivity index (χ2n) is 1.91. The molecule has 0 saturated carbocycles. The lowest BCUT2D eigenvalue weighted by molar-refractivity contribution is 0.185. The molecular weight excluding hydrogens is 192 g/mol. The molecule has 0 aromatic rings. The number of unbranched alkanes of at least 4 members (excludes halogenated alkanes) is 1. The first-order chi connectivity index (χ1) is 5.06. The van der Waals surface area contributed by atoms with Crippen molar-refractivity contribution < 1.29 is 17.3 Å². The zero-order valence-corrected chi connectivity index (χ0v) is 7.82. The highest BCUT2D eigenvalue weighted by Crippen LogP contribution is 2.00. The van der Waals surface area contributed by atoms with Crippen LogP contribution in [0.1, 0.15) is 12.8 Å². The highest BCUT2D eigenvalue weighted by molar-refractivity contribution is 8.09. The Bertz CT molecular complexity index is 177. The van der Waals surface area contributed by atoms with E-state index < -0.39 is 9.33 Å². The maximum atomic E-state index is 10.2. The molecule has 4 nitrogen and oxygen atoms in total. The van der Waals surface area contributed by atoms with Gasteiger partial charge in [-0.3, -0.25) is 4.18 Å². The average Bonchev–Trinajstić information content (AvgIpc) is 1.85. The van der Waals surface area contributed by atoms with Gasteiger partial charge in [0.1, 0.15) is 0 Å². The predicted octanol–water partition coefficient (Wildman–Crippen LogP) is 0.913. The Morgan fingerprint density at radius 2 is 1.82 bits per heavy atom. The minimum absolute atomic E-state index is 0.120. The molecule has 0 N–H and O–H groups in total. The maximum absolute atomic E-state index is 10.2. The molecule has 0 amide bonds. The molecule has 0 aromatic carbocycles. The van der Waals surface area contributed by atoms with Crippen LogP contribution in [0.4, 0.5) is 0 Å². The third-order valence-corrected chi connectivity index (χ3v) is 1.68. The van der Waals surface area contributed by atoms with Crippen LogP contribution >= 0.6 is 10.7 Å². The molecule has 0 radical (unpaired) electrons. The molecule has 0 fully saturated rings. The zero-order chi connectivity index (χ0) is 8.74. The number of methoxy groups -OCH3 is 1. The Balaban J connectivity index is 3.16. The summed E-state index contributed by atoms with van der Waals surface area (Å²) in [5, 5.41) is 0. The standard InChI is InChI=1S/C5H11ClO4S/c1-9-4-2-3-5-10-11(6,7)8/h2-5H2,1H3. The third-order valence-electron chi connectivity index (χ3n) is 0.967. The molecule has 0 aromatic heterocycles. The number of hydrogen-bond donors (Lipinski definition) is 0. The summed E-state index contributed by atoms with van der Waals surface area (Å²) in [5.74, 6) is 0. The lowest BCUT2D eigenvalue weighted by atomic mass is 10.3. The van der Waals surface area contributed by atoms with Gasteiger partial charge in [0.25, 0.3) is 0 Å². The van der Waals surface area contributed by atoms with Crippen molar-refractivity contribution in [1.29, 1.82) is 0 Å². The smallest absolute Gasteiger partial charge is 0.355 e. The minimum Gasteiger partial charge on any atom is -0.385 e. The molecule has 0 rings (SSSR count). The molecule has 0 spiro atoms. The number of hydrogen-bond acceptors (Lipinski definition) is 4. The number of ether oxygens (including phenoxy) is 1. The van der Waals surface area contributed by atoms with Crippen molar-refractivity contribution >= 4 is 20.0 Å². The number of rotatable bonds is 6. The van der Waals surface area contributed by atoms with E-state index in [0.717, 1.165) is 6.42 Å². The summed E-state index contributed by atoms with van der Waals surface area (Å²) in [6.45, 7) is 0.723. The third kappa shape index (κ3) is 10.2. The van der Waals surface area contributed by atoms with Crippen LogP contribution in [0.15, 0.2) is 0 Å². The van der Waals surface area contributed by atoms with E-state index in [4.69, 9.17) is 15.4 Å². The van der Waals surface area contributed by atoms with E-state index in [1.54, 1.807) is 7.11 Å². The van der Waals surface area contributed by atoms with E-state index in [2.05, 4.69) is 4.18 Å². The Labute approximate surface area is 71.1 Å². The Hall–Kier alpha value is 0.160. The molecule has 0 atom stereocenters. The summed E-state index contributed by atoms with van der Waals surface area (Å²) >= 11 is 0. The van der Waals surface area contributed by atoms with Gasteiger partial charge in [-0.05, 0) is 12.8 Å². The maximum Gasteiger partial charge on any atom is 0.355 e. The van der Waals surface area contributed by atoms with Gasteiger partial charge in [0.05, 0.1) is 6.61 Å². The van der Waals surface area contributed by atoms with Gasteiger partial charge < -0.3 is 4.74 Å². The van der Waals surface area contributed by atoms with Crippen LogP contribution < -0.4 is 0 Å². The highest BCUT2D eigenvalue weighted by atomic mass is 35.7. The van der Waals surface area contributed by atoms with Crippen LogP contribution in [0, 0.1) is 0 Å². The summed E-state index contributed by atoms with van der Waals surface area (Å²) in [6.07, 6.45) is 1.39. The first-order valence-electron chi connectivity index (χ1n) is 3.14. The van der Waals surface area contributed by atoms with Gasteiger partial charge in [0, 0.05) is 24.4 Å². The fraction of sp³-hybridized carbons (Fsp3) is 1.00. The van der Waals surface area contributed by atoms with Crippen LogP contribution in [0.2, 0.25) is 0 Å². The van der Waals surface area contributed by atoms with Gasteiger partial charge in [0.2, 0.25) is 0 Å². The molecule has 0 unspecified atom stereocenters. The summed E-state index contributed by atoms with van der Waals surface area (Å²) in [6, 6.07) is 0. The minimum atomic E-state index is -3.78. The van der Waals surface area contributed by atoms with Crippen molar-refractivity contribution in [3.05, 3.63) is 0 Å². The van der Waals surface area contributed by atoms with Gasteiger partial charge in [0.15, 0.2) is 0 Å². The summed E-state index contributed by atoms with van der Waals surface area (Å²) in [5.41, 5.74) is 0. The van der Waals surface area contributed by atoms with Gasteiger partial charge in [-0.1, -0.05) is 0 Å². The fourth-order valence-electron chi connectivity index (χ4n) is 0.507. The van der Waals surface area contributed by atoms with Crippen LogP contribution in [-0.4, -0.2) is 28.7 Å². The molecule has 0 heterocycles. The molecule has 0 aliphatic heterocycles. The molecule has 68 valence electrons. The second kappa shape index (κ2) is 5.77. The van der Waals surface area contributed by atoms with Crippen LogP contribution in [0.3, 0.4) is 0 Å². The lowest BCUT2D eigenvalue weighted by Gasteiger charge is -1.98. The van der Waals surface area contributed by atoms with Gasteiger partial charge in [-0.25, -0.2) is 0 Å². The molecule has 0 aliphatic carbocycles. The first kappa shape index (κ1) is 11.2. The van der Waals surface area contributed by atoms with Crippen molar-refractivity contribution in [3.8, 4) is 0 Å². The molecule has 6 heteroatoms. The molecular formula is C5H11ClO4S. The van der Waals surface area contributed by atoms with Crippen molar-refractivity contribution in [3.63, 3.8) is 0 Å². The SMILES string of the molecule is COCCCCOS(=O)(=O)Cl. The van der Waals surface area contributed by atoms with E-state index in [0.29, 0.717) is 13.0 Å². The highest BCUT2D eigenvalue weighted by Gasteiger charge is 2.02.